The molecule has 7 nitrogen and oxygen atoms in total. The summed E-state index contributed by atoms with van der Waals surface area (Å²) in [7, 11) is 3.23. The Balaban J connectivity index is 1.94. The van der Waals surface area contributed by atoms with Gasteiger partial charge in [-0.2, -0.15) is 5.10 Å². The van der Waals surface area contributed by atoms with Crippen molar-refractivity contribution in [3.63, 3.8) is 0 Å². The van der Waals surface area contributed by atoms with Crippen LogP contribution in [-0.2, 0) is 7.05 Å². The van der Waals surface area contributed by atoms with Crippen molar-refractivity contribution in [2.24, 2.45) is 7.05 Å². The third-order valence-corrected chi connectivity index (χ3v) is 6.32. The highest BCUT2D eigenvalue weighted by Gasteiger charge is 2.23. The van der Waals surface area contributed by atoms with Crippen molar-refractivity contribution >= 4 is 17.2 Å². The minimum Gasteiger partial charge on any atom is -0.496 e. The second-order valence-corrected chi connectivity index (χ2v) is 8.39. The molecular formula is C22H26N4O3S. The van der Waals surface area contributed by atoms with Crippen LogP contribution in [0.3, 0.4) is 0 Å². The number of rotatable bonds is 5. The van der Waals surface area contributed by atoms with E-state index in [4.69, 9.17) is 4.74 Å². The van der Waals surface area contributed by atoms with E-state index in [1.165, 1.54) is 16.0 Å². The molecule has 0 fully saturated rings. The molecule has 1 atom stereocenters. The highest BCUT2D eigenvalue weighted by molar-refractivity contribution is 7.17. The lowest BCUT2D eigenvalue weighted by Crippen LogP contribution is -2.26. The first kappa shape index (κ1) is 21.7. The summed E-state index contributed by atoms with van der Waals surface area (Å²) in [6.45, 7) is 9.39. The Morgan fingerprint density at radius 1 is 1.20 bits per heavy atom. The maximum atomic E-state index is 13.0. The Hall–Kier alpha value is -3.00. The van der Waals surface area contributed by atoms with Crippen LogP contribution < -0.4 is 15.6 Å². The predicted molar refractivity (Wildman–Crippen MR) is 118 cm³/mol. The number of methoxy groups -OCH3 is 1. The number of nitrogens with one attached hydrogen (secondary N) is 1. The highest BCUT2D eigenvalue weighted by atomic mass is 32.1. The van der Waals surface area contributed by atoms with Gasteiger partial charge in [0.1, 0.15) is 15.6 Å². The Kier molecular flexibility index (Phi) is 6.07. The first-order chi connectivity index (χ1) is 14.1. The highest BCUT2D eigenvalue weighted by Crippen LogP contribution is 2.30. The largest absolute Gasteiger partial charge is 0.496 e. The molecule has 0 aliphatic carbocycles. The van der Waals surface area contributed by atoms with E-state index in [0.717, 1.165) is 28.1 Å². The average molecular weight is 427 g/mol. The van der Waals surface area contributed by atoms with Crippen LogP contribution in [0.5, 0.6) is 5.75 Å². The maximum absolute atomic E-state index is 13.0. The van der Waals surface area contributed by atoms with Gasteiger partial charge >= 0.3 is 0 Å². The number of nitrogens with zero attached hydrogens (tertiary/aromatic N) is 3. The first-order valence-electron chi connectivity index (χ1n) is 9.61. The van der Waals surface area contributed by atoms with Gasteiger partial charge in [0, 0.05) is 12.6 Å². The molecule has 2 aromatic heterocycles. The van der Waals surface area contributed by atoms with Gasteiger partial charge < -0.3 is 10.1 Å². The van der Waals surface area contributed by atoms with Crippen molar-refractivity contribution in [1.29, 1.82) is 0 Å². The number of thiazole rings is 1. The van der Waals surface area contributed by atoms with E-state index < -0.39 is 0 Å². The minimum atomic E-state index is -0.255. The van der Waals surface area contributed by atoms with Crippen molar-refractivity contribution in [3.8, 4) is 16.3 Å². The number of carbonyl (C=O) groups is 1. The van der Waals surface area contributed by atoms with Crippen LogP contribution in [0.15, 0.2) is 23.0 Å². The van der Waals surface area contributed by atoms with Gasteiger partial charge in [-0.05, 0) is 46.2 Å². The van der Waals surface area contributed by atoms with Crippen LogP contribution in [0.1, 0.15) is 50.7 Å². The number of hydrogen-bond donors (Lipinski definition) is 1. The number of carbonyl (C=O) groups excluding carboxylic acids is 1. The van der Waals surface area contributed by atoms with E-state index in [9.17, 15) is 9.59 Å². The van der Waals surface area contributed by atoms with E-state index in [0.29, 0.717) is 21.1 Å². The average Bonchev–Trinajstić information content (AvgIpc) is 3.08. The van der Waals surface area contributed by atoms with Gasteiger partial charge in [0.05, 0.1) is 30.1 Å². The molecule has 0 saturated heterocycles. The summed E-state index contributed by atoms with van der Waals surface area (Å²) < 4.78 is 6.74. The summed E-state index contributed by atoms with van der Waals surface area (Å²) in [6, 6.07) is 5.61. The second kappa shape index (κ2) is 8.39. The summed E-state index contributed by atoms with van der Waals surface area (Å²) in [6.07, 6.45) is 0. The van der Waals surface area contributed by atoms with Gasteiger partial charge in [0.15, 0.2) is 0 Å². The smallest absolute Gasteiger partial charge is 0.277 e. The van der Waals surface area contributed by atoms with Gasteiger partial charge in [-0.3, -0.25) is 9.59 Å². The number of amides is 1. The fourth-order valence-electron chi connectivity index (χ4n) is 3.35. The summed E-state index contributed by atoms with van der Waals surface area (Å²) in [5.74, 6) is 0.495. The van der Waals surface area contributed by atoms with E-state index >= 15 is 0 Å². The molecule has 1 aromatic carbocycles. The number of hydrogen-bond acceptors (Lipinski definition) is 6. The first-order valence-corrected chi connectivity index (χ1v) is 10.4. The normalized spacial score (nSPS) is 12.0. The zero-order valence-electron chi connectivity index (χ0n) is 18.3. The molecule has 158 valence electrons. The van der Waals surface area contributed by atoms with Gasteiger partial charge in [-0.1, -0.05) is 17.7 Å². The van der Waals surface area contributed by atoms with Crippen molar-refractivity contribution < 1.29 is 9.53 Å². The molecule has 3 rings (SSSR count). The molecule has 8 heteroatoms. The Labute approximate surface area is 179 Å². The number of benzene rings is 1. The van der Waals surface area contributed by atoms with E-state index in [-0.39, 0.29) is 17.5 Å². The van der Waals surface area contributed by atoms with Crippen LogP contribution in [0.25, 0.3) is 10.6 Å². The summed E-state index contributed by atoms with van der Waals surface area (Å²) in [5.41, 5.74) is 4.38. The Morgan fingerprint density at radius 2 is 1.90 bits per heavy atom. The standard InChI is InChI=1S/C22H26N4O3S/c1-11-8-9-17(29-7)16(10-11)14(4)23-20(27)19-15(5)24-21(30-19)18-12(2)13(3)25-26(6)22(18)28/h8-10,14H,1-7H3,(H,23,27)/t14-/m1/s1. The number of aromatic nitrogens is 3. The fraction of sp³-hybridized carbons (Fsp3) is 0.364. The van der Waals surface area contributed by atoms with Gasteiger partial charge in [0.25, 0.3) is 11.5 Å². The lowest BCUT2D eigenvalue weighted by molar-refractivity contribution is 0.0943. The third kappa shape index (κ3) is 4.00. The monoisotopic (exact) mass is 426 g/mol. The van der Waals surface area contributed by atoms with Gasteiger partial charge in [-0.15, -0.1) is 11.3 Å². The zero-order chi connectivity index (χ0) is 22.2. The fourth-order valence-corrected chi connectivity index (χ4v) is 4.41. The summed E-state index contributed by atoms with van der Waals surface area (Å²) >= 11 is 1.22. The maximum Gasteiger partial charge on any atom is 0.277 e. The van der Waals surface area contributed by atoms with Crippen molar-refractivity contribution in [3.05, 3.63) is 61.5 Å². The van der Waals surface area contributed by atoms with Crippen molar-refractivity contribution in [1.82, 2.24) is 20.1 Å². The summed E-state index contributed by atoms with van der Waals surface area (Å²) in [5, 5.41) is 7.77. The Morgan fingerprint density at radius 3 is 2.57 bits per heavy atom. The van der Waals surface area contributed by atoms with Crippen LogP contribution in [-0.4, -0.2) is 27.8 Å². The quantitative estimate of drug-likeness (QED) is 0.673. The molecule has 0 aliphatic rings. The molecule has 0 radical (unpaired) electrons. The lowest BCUT2D eigenvalue weighted by atomic mass is 10.0. The van der Waals surface area contributed by atoms with E-state index in [1.807, 2.05) is 45.9 Å². The molecule has 2 heterocycles. The molecule has 0 unspecified atom stereocenters. The van der Waals surface area contributed by atoms with E-state index in [2.05, 4.69) is 15.4 Å². The topological polar surface area (TPSA) is 86.1 Å². The van der Waals surface area contributed by atoms with Crippen LogP contribution in [0, 0.1) is 27.7 Å². The van der Waals surface area contributed by atoms with Gasteiger partial charge in [0.2, 0.25) is 0 Å². The van der Waals surface area contributed by atoms with Gasteiger partial charge in [-0.25, -0.2) is 9.67 Å². The molecule has 1 amide bonds. The number of aryl methyl sites for hydroxylation is 4. The zero-order valence-corrected chi connectivity index (χ0v) is 19.1. The molecule has 30 heavy (non-hydrogen) atoms. The van der Waals surface area contributed by atoms with E-state index in [1.54, 1.807) is 21.1 Å². The van der Waals surface area contributed by atoms with Crippen LogP contribution in [0.2, 0.25) is 0 Å². The van der Waals surface area contributed by atoms with Crippen LogP contribution in [0.4, 0.5) is 0 Å². The van der Waals surface area contributed by atoms with Crippen LogP contribution >= 0.6 is 11.3 Å². The summed E-state index contributed by atoms with van der Waals surface area (Å²) in [4.78, 5) is 30.7. The molecule has 0 spiro atoms. The number of ether oxygens (including phenoxy) is 1. The molecule has 0 aliphatic heterocycles. The molecule has 0 bridgehead atoms. The SMILES string of the molecule is COc1ccc(C)cc1[C@@H](C)NC(=O)c1sc(-c2c(C)c(C)nn(C)c2=O)nc1C. The lowest BCUT2D eigenvalue weighted by Gasteiger charge is -2.17. The molecule has 1 N–H and O–H groups in total. The molecule has 0 saturated carbocycles. The van der Waals surface area contributed by atoms with Crippen molar-refractivity contribution in [2.75, 3.05) is 7.11 Å². The molecular weight excluding hydrogens is 400 g/mol. The third-order valence-electron chi connectivity index (χ3n) is 5.14. The Bertz CT molecular complexity index is 1180. The van der Waals surface area contributed by atoms with Crippen molar-refractivity contribution in [2.45, 2.75) is 40.7 Å². The minimum absolute atomic E-state index is 0.225. The second-order valence-electron chi connectivity index (χ2n) is 7.39. The predicted octanol–water partition coefficient (Wildman–Crippen LogP) is 3.64. The molecule has 3 aromatic rings.